The van der Waals surface area contributed by atoms with E-state index in [1.54, 1.807) is 0 Å². The Kier molecular flexibility index (Phi) is 6.08. The molecule has 1 amide bonds. The third-order valence-electron chi connectivity index (χ3n) is 3.28. The molecule has 1 fully saturated rings. The first-order valence-corrected chi connectivity index (χ1v) is 8.74. The number of carbonyl (C=O) groups is 1. The van der Waals surface area contributed by atoms with Crippen molar-refractivity contribution in [3.8, 4) is 5.75 Å². The highest BCUT2D eigenvalue weighted by atomic mass is 79.9. The molecule has 1 saturated carbocycles. The third kappa shape index (κ3) is 4.97. The third-order valence-corrected chi connectivity index (χ3v) is 4.45. The van der Waals surface area contributed by atoms with Crippen molar-refractivity contribution >= 4 is 37.8 Å². The van der Waals surface area contributed by atoms with Gasteiger partial charge in [0.05, 0.1) is 21.6 Å². The lowest BCUT2D eigenvalue weighted by atomic mass is 10.2. The first kappa shape index (κ1) is 16.8. The number of hydrogen-bond acceptors (Lipinski definition) is 3. The number of ether oxygens (including phenoxy) is 1. The Morgan fingerprint density at radius 2 is 2.00 bits per heavy atom. The summed E-state index contributed by atoms with van der Waals surface area (Å²) in [4.78, 5) is 11.9. The molecule has 0 radical (unpaired) electrons. The number of halogens is 2. The van der Waals surface area contributed by atoms with Gasteiger partial charge < -0.3 is 15.4 Å². The first-order valence-electron chi connectivity index (χ1n) is 7.15. The van der Waals surface area contributed by atoms with E-state index in [0.29, 0.717) is 19.2 Å². The number of rotatable bonds is 7. The van der Waals surface area contributed by atoms with Gasteiger partial charge in [-0.3, -0.25) is 4.79 Å². The van der Waals surface area contributed by atoms with E-state index < -0.39 is 0 Å². The zero-order valence-electron chi connectivity index (χ0n) is 12.2. The Bertz CT molecular complexity index is 495. The molecular weight excluding hydrogens is 400 g/mol. The second-order valence-corrected chi connectivity index (χ2v) is 6.92. The van der Waals surface area contributed by atoms with E-state index in [1.165, 1.54) is 0 Å². The summed E-state index contributed by atoms with van der Waals surface area (Å²) >= 11 is 7.03. The lowest BCUT2D eigenvalue weighted by Crippen LogP contribution is -2.42. The van der Waals surface area contributed by atoms with Crippen molar-refractivity contribution in [3.05, 3.63) is 26.6 Å². The number of benzene rings is 1. The molecule has 0 aliphatic heterocycles. The van der Waals surface area contributed by atoms with Crippen LogP contribution in [0.2, 0.25) is 0 Å². The average Bonchev–Trinajstić information content (AvgIpc) is 3.24. The normalized spacial score (nSPS) is 15.6. The van der Waals surface area contributed by atoms with Crippen LogP contribution in [0.25, 0.3) is 0 Å². The average molecular weight is 420 g/mol. The van der Waals surface area contributed by atoms with Crippen LogP contribution in [-0.2, 0) is 11.3 Å². The van der Waals surface area contributed by atoms with Gasteiger partial charge in [-0.2, -0.15) is 0 Å². The molecule has 0 aromatic heterocycles. The minimum absolute atomic E-state index is 0.0709. The molecule has 1 aliphatic rings. The highest BCUT2D eigenvalue weighted by Crippen LogP contribution is 2.34. The van der Waals surface area contributed by atoms with E-state index in [4.69, 9.17) is 4.74 Å². The number of amides is 1. The van der Waals surface area contributed by atoms with Crippen molar-refractivity contribution in [3.63, 3.8) is 0 Å². The largest absolute Gasteiger partial charge is 0.492 e. The Hall–Kier alpha value is -0.590. The van der Waals surface area contributed by atoms with Crippen LogP contribution in [0.15, 0.2) is 21.1 Å². The molecule has 1 unspecified atom stereocenters. The van der Waals surface area contributed by atoms with E-state index in [2.05, 4.69) is 42.5 Å². The Labute approximate surface area is 142 Å². The highest BCUT2D eigenvalue weighted by Gasteiger charge is 2.25. The van der Waals surface area contributed by atoms with Gasteiger partial charge in [0.15, 0.2) is 0 Å². The minimum Gasteiger partial charge on any atom is -0.492 e. The second kappa shape index (κ2) is 7.61. The van der Waals surface area contributed by atoms with Gasteiger partial charge >= 0.3 is 0 Å². The minimum atomic E-state index is -0.199. The smallest absolute Gasteiger partial charge is 0.237 e. The number of nitrogens with one attached hydrogen (secondary N) is 2. The van der Waals surface area contributed by atoms with Gasteiger partial charge in [-0.1, -0.05) is 0 Å². The summed E-state index contributed by atoms with van der Waals surface area (Å²) in [5.41, 5.74) is 1.09. The zero-order valence-corrected chi connectivity index (χ0v) is 15.4. The van der Waals surface area contributed by atoms with Gasteiger partial charge in [-0.15, -0.1) is 0 Å². The van der Waals surface area contributed by atoms with Crippen molar-refractivity contribution in [2.75, 3.05) is 6.61 Å². The fourth-order valence-electron chi connectivity index (χ4n) is 1.91. The van der Waals surface area contributed by atoms with E-state index in [0.717, 1.165) is 33.1 Å². The van der Waals surface area contributed by atoms with Crippen LogP contribution in [0.5, 0.6) is 5.75 Å². The van der Waals surface area contributed by atoms with Crippen LogP contribution in [0.4, 0.5) is 0 Å². The van der Waals surface area contributed by atoms with E-state index in [1.807, 2.05) is 26.0 Å². The highest BCUT2D eigenvalue weighted by molar-refractivity contribution is 9.11. The van der Waals surface area contributed by atoms with E-state index in [9.17, 15) is 4.79 Å². The van der Waals surface area contributed by atoms with Crippen molar-refractivity contribution in [1.82, 2.24) is 10.6 Å². The van der Waals surface area contributed by atoms with Gasteiger partial charge in [-0.25, -0.2) is 0 Å². The lowest BCUT2D eigenvalue weighted by Gasteiger charge is -2.15. The maximum atomic E-state index is 11.9. The molecule has 1 aromatic rings. The summed E-state index contributed by atoms with van der Waals surface area (Å²) in [5.74, 6) is 0.877. The van der Waals surface area contributed by atoms with E-state index in [-0.39, 0.29) is 11.9 Å². The molecule has 0 spiro atoms. The van der Waals surface area contributed by atoms with Crippen molar-refractivity contribution in [1.29, 1.82) is 0 Å². The quantitative estimate of drug-likeness (QED) is 0.712. The molecule has 0 bridgehead atoms. The lowest BCUT2D eigenvalue weighted by molar-refractivity contribution is -0.122. The predicted octanol–water partition coefficient (Wildman–Crippen LogP) is 3.37. The standard InChI is InChI=1S/C15H20Br2N2O2/c1-3-21-14-12(16)6-10(7-13(14)17)8-18-9(2)15(20)19-11-4-5-11/h6-7,9,11,18H,3-5,8H2,1-2H3,(H,19,20). The van der Waals surface area contributed by atoms with Crippen LogP contribution in [0.3, 0.4) is 0 Å². The van der Waals surface area contributed by atoms with Gasteiger partial charge in [0.2, 0.25) is 5.91 Å². The monoisotopic (exact) mass is 418 g/mol. The Morgan fingerprint density at radius 1 is 1.38 bits per heavy atom. The summed E-state index contributed by atoms with van der Waals surface area (Å²) < 4.78 is 7.37. The van der Waals surface area contributed by atoms with Gasteiger partial charge in [-0.05, 0) is 76.2 Å². The SMILES string of the molecule is CCOc1c(Br)cc(CNC(C)C(=O)NC2CC2)cc1Br. The van der Waals surface area contributed by atoms with E-state index >= 15 is 0 Å². The summed E-state index contributed by atoms with van der Waals surface area (Å²) in [7, 11) is 0. The molecule has 1 aliphatic carbocycles. The van der Waals surface area contributed by atoms with Gasteiger partial charge in [0, 0.05) is 12.6 Å². The molecule has 116 valence electrons. The molecule has 21 heavy (non-hydrogen) atoms. The van der Waals surface area contributed by atoms with Crippen molar-refractivity contribution < 1.29 is 9.53 Å². The number of hydrogen-bond donors (Lipinski definition) is 2. The molecule has 1 atom stereocenters. The predicted molar refractivity (Wildman–Crippen MR) is 90.5 cm³/mol. The fraction of sp³-hybridized carbons (Fsp3) is 0.533. The van der Waals surface area contributed by atoms with Gasteiger partial charge in [0.25, 0.3) is 0 Å². The van der Waals surface area contributed by atoms with Gasteiger partial charge in [0.1, 0.15) is 5.75 Å². The van der Waals surface area contributed by atoms with Crippen LogP contribution >= 0.6 is 31.9 Å². The summed E-state index contributed by atoms with van der Waals surface area (Å²) in [6.45, 7) is 5.08. The molecule has 0 heterocycles. The Morgan fingerprint density at radius 3 is 2.52 bits per heavy atom. The molecule has 2 rings (SSSR count). The molecule has 0 saturated heterocycles. The maximum Gasteiger partial charge on any atom is 0.237 e. The molecule has 2 N–H and O–H groups in total. The fourth-order valence-corrected chi connectivity index (χ4v) is 3.42. The summed E-state index contributed by atoms with van der Waals surface area (Å²) in [5, 5.41) is 6.24. The second-order valence-electron chi connectivity index (χ2n) is 5.21. The van der Waals surface area contributed by atoms with Crippen LogP contribution in [0.1, 0.15) is 32.3 Å². The summed E-state index contributed by atoms with van der Waals surface area (Å²) in [6, 6.07) is 4.22. The maximum absolute atomic E-state index is 11.9. The summed E-state index contributed by atoms with van der Waals surface area (Å²) in [6.07, 6.45) is 2.22. The van der Waals surface area contributed by atoms with Crippen LogP contribution in [-0.4, -0.2) is 24.6 Å². The zero-order chi connectivity index (χ0) is 15.4. The molecular formula is C15H20Br2N2O2. The van der Waals surface area contributed by atoms with Crippen molar-refractivity contribution in [2.45, 2.75) is 45.3 Å². The molecule has 1 aromatic carbocycles. The molecule has 6 heteroatoms. The van der Waals surface area contributed by atoms with Crippen LogP contribution < -0.4 is 15.4 Å². The molecule has 4 nitrogen and oxygen atoms in total. The van der Waals surface area contributed by atoms with Crippen molar-refractivity contribution in [2.24, 2.45) is 0 Å². The Balaban J connectivity index is 1.91. The topological polar surface area (TPSA) is 50.4 Å². The van der Waals surface area contributed by atoms with Crippen LogP contribution in [0, 0.1) is 0 Å². The number of carbonyl (C=O) groups excluding carboxylic acids is 1. The first-order chi connectivity index (χ1) is 10.0.